The number of pyridine rings is 1. The van der Waals surface area contributed by atoms with Gasteiger partial charge in [0.15, 0.2) is 5.82 Å². The van der Waals surface area contributed by atoms with Crippen molar-refractivity contribution in [3.63, 3.8) is 0 Å². The topological polar surface area (TPSA) is 108 Å². The molecule has 0 unspecified atom stereocenters. The highest BCUT2D eigenvalue weighted by atomic mass is 16.5. The molecule has 0 saturated heterocycles. The Balaban J connectivity index is 1.36. The van der Waals surface area contributed by atoms with Gasteiger partial charge >= 0.3 is 0 Å². The van der Waals surface area contributed by atoms with Crippen molar-refractivity contribution in [3.8, 4) is 17.2 Å². The summed E-state index contributed by atoms with van der Waals surface area (Å²) in [5, 5.41) is 4.34. The largest absolute Gasteiger partial charge is 0.490 e. The van der Waals surface area contributed by atoms with Gasteiger partial charge in [0.1, 0.15) is 29.4 Å². The second kappa shape index (κ2) is 9.74. The van der Waals surface area contributed by atoms with Crippen molar-refractivity contribution in [2.24, 2.45) is 10.7 Å². The number of benzene rings is 2. The maximum Gasteiger partial charge on any atom is 0.157 e. The van der Waals surface area contributed by atoms with Crippen LogP contribution in [-0.2, 0) is 0 Å². The van der Waals surface area contributed by atoms with E-state index in [0.29, 0.717) is 17.7 Å². The maximum absolute atomic E-state index is 6.18. The molecule has 1 aliphatic rings. The first-order valence-corrected chi connectivity index (χ1v) is 11.4. The second-order valence-electron chi connectivity index (χ2n) is 8.26. The summed E-state index contributed by atoms with van der Waals surface area (Å²) in [6, 6.07) is 15.4. The van der Waals surface area contributed by atoms with Crippen LogP contribution in [0.5, 0.6) is 17.2 Å². The number of aromatic nitrogens is 3. The van der Waals surface area contributed by atoms with E-state index in [1.165, 1.54) is 19.2 Å². The van der Waals surface area contributed by atoms with Crippen molar-refractivity contribution < 1.29 is 9.47 Å². The van der Waals surface area contributed by atoms with Gasteiger partial charge in [0.05, 0.1) is 18.0 Å². The van der Waals surface area contributed by atoms with E-state index < -0.39 is 0 Å². The minimum atomic E-state index is 0.298. The molecule has 1 aliphatic carbocycles. The molecule has 0 amide bonds. The number of aliphatic imine (C=N–C) groups is 1. The molecule has 4 aromatic rings. The number of rotatable bonds is 7. The molecule has 34 heavy (non-hydrogen) atoms. The van der Waals surface area contributed by atoms with Gasteiger partial charge in [-0.15, -0.1) is 0 Å². The number of anilines is 2. The molecular formula is C26H26N6O2. The number of nitrogens with two attached hydrogens (primary N) is 1. The Hall–Kier alpha value is -4.20. The highest BCUT2D eigenvalue weighted by Gasteiger charge is 2.17. The summed E-state index contributed by atoms with van der Waals surface area (Å²) in [5.74, 6) is 3.44. The number of ether oxygens (including phenoxy) is 2. The maximum atomic E-state index is 6.18. The Bertz CT molecular complexity index is 1330. The molecule has 1 fully saturated rings. The first kappa shape index (κ1) is 21.6. The van der Waals surface area contributed by atoms with Crippen LogP contribution in [0, 0.1) is 6.92 Å². The van der Waals surface area contributed by atoms with Crippen LogP contribution in [0.3, 0.4) is 0 Å². The van der Waals surface area contributed by atoms with Gasteiger partial charge in [-0.25, -0.2) is 19.9 Å². The lowest BCUT2D eigenvalue weighted by molar-refractivity contribution is 0.210. The summed E-state index contributed by atoms with van der Waals surface area (Å²) in [5.41, 5.74) is 8.08. The fourth-order valence-corrected chi connectivity index (χ4v) is 4.12. The second-order valence-corrected chi connectivity index (χ2v) is 8.26. The van der Waals surface area contributed by atoms with Crippen molar-refractivity contribution in [2.45, 2.75) is 38.7 Å². The van der Waals surface area contributed by atoms with Crippen molar-refractivity contribution in [3.05, 3.63) is 66.6 Å². The van der Waals surface area contributed by atoms with Gasteiger partial charge in [-0.2, -0.15) is 0 Å². The SMILES string of the molecule is Cc1cc(Nc2ncnc3ccc(OC4CCCC4)cc23)ccc1Oc1ccnc(N=CN)c1. The van der Waals surface area contributed by atoms with E-state index in [-0.39, 0.29) is 0 Å². The quantitative estimate of drug-likeness (QED) is 0.268. The van der Waals surface area contributed by atoms with Crippen LogP contribution in [0.1, 0.15) is 31.2 Å². The standard InChI is InChI=1S/C26H26N6O2/c1-17-12-18(6-9-24(17)34-21-10-11-28-25(14-21)29-15-27)32-26-22-13-20(33-19-4-2-3-5-19)7-8-23(22)30-16-31-26/h6-16,19H,2-5H2,1H3,(H2,27,28,29)(H,30,31,32). The smallest absolute Gasteiger partial charge is 0.157 e. The zero-order chi connectivity index (χ0) is 23.3. The molecule has 2 aromatic heterocycles. The molecule has 1 saturated carbocycles. The number of aryl methyl sites for hydroxylation is 1. The average Bonchev–Trinajstić information content (AvgIpc) is 3.35. The van der Waals surface area contributed by atoms with E-state index in [9.17, 15) is 0 Å². The summed E-state index contributed by atoms with van der Waals surface area (Å²) in [6.45, 7) is 1.99. The van der Waals surface area contributed by atoms with Gasteiger partial charge in [0.2, 0.25) is 0 Å². The molecule has 0 spiro atoms. The van der Waals surface area contributed by atoms with Crippen LogP contribution in [-0.4, -0.2) is 27.4 Å². The van der Waals surface area contributed by atoms with Crippen molar-refractivity contribution in [1.29, 1.82) is 0 Å². The fourth-order valence-electron chi connectivity index (χ4n) is 4.12. The van der Waals surface area contributed by atoms with Gasteiger partial charge in [0, 0.05) is 23.3 Å². The zero-order valence-corrected chi connectivity index (χ0v) is 18.9. The third-order valence-electron chi connectivity index (χ3n) is 5.80. The molecule has 8 heteroatoms. The first-order chi connectivity index (χ1) is 16.7. The third kappa shape index (κ3) is 4.91. The lowest BCUT2D eigenvalue weighted by Gasteiger charge is -2.15. The summed E-state index contributed by atoms with van der Waals surface area (Å²) in [7, 11) is 0. The molecule has 5 rings (SSSR count). The van der Waals surface area contributed by atoms with Crippen LogP contribution in [0.15, 0.2) is 66.0 Å². The lowest BCUT2D eigenvalue weighted by atomic mass is 10.2. The number of hydrogen-bond donors (Lipinski definition) is 2. The Morgan fingerprint density at radius 2 is 1.88 bits per heavy atom. The summed E-state index contributed by atoms with van der Waals surface area (Å²) < 4.78 is 12.2. The predicted octanol–water partition coefficient (Wildman–Crippen LogP) is 5.81. The first-order valence-electron chi connectivity index (χ1n) is 11.4. The van der Waals surface area contributed by atoms with Crippen LogP contribution in [0.25, 0.3) is 10.9 Å². The van der Waals surface area contributed by atoms with E-state index in [2.05, 4.69) is 25.3 Å². The molecule has 8 nitrogen and oxygen atoms in total. The van der Waals surface area contributed by atoms with Gasteiger partial charge < -0.3 is 20.5 Å². The van der Waals surface area contributed by atoms with E-state index >= 15 is 0 Å². The Morgan fingerprint density at radius 1 is 1.00 bits per heavy atom. The molecule has 2 aromatic carbocycles. The van der Waals surface area contributed by atoms with Gasteiger partial charge in [-0.1, -0.05) is 0 Å². The van der Waals surface area contributed by atoms with E-state index in [0.717, 1.165) is 52.3 Å². The van der Waals surface area contributed by atoms with E-state index in [1.54, 1.807) is 24.7 Å². The average molecular weight is 455 g/mol. The number of nitrogens with one attached hydrogen (secondary N) is 1. The number of fused-ring (bicyclic) bond motifs is 1. The predicted molar refractivity (Wildman–Crippen MR) is 134 cm³/mol. The molecule has 0 radical (unpaired) electrons. The summed E-state index contributed by atoms with van der Waals surface area (Å²) in [6.07, 6.45) is 9.40. The highest BCUT2D eigenvalue weighted by Crippen LogP contribution is 2.32. The Morgan fingerprint density at radius 3 is 2.71 bits per heavy atom. The molecule has 0 aliphatic heterocycles. The van der Waals surface area contributed by atoms with Crippen LogP contribution >= 0.6 is 0 Å². The van der Waals surface area contributed by atoms with Gasteiger partial charge in [-0.05, 0) is 80.6 Å². The van der Waals surface area contributed by atoms with Gasteiger partial charge in [0.25, 0.3) is 0 Å². The number of hydrogen-bond acceptors (Lipinski definition) is 7. The van der Waals surface area contributed by atoms with E-state index in [4.69, 9.17) is 15.2 Å². The van der Waals surface area contributed by atoms with E-state index in [1.807, 2.05) is 43.3 Å². The normalized spacial score (nSPS) is 14.0. The minimum absolute atomic E-state index is 0.298. The summed E-state index contributed by atoms with van der Waals surface area (Å²) >= 11 is 0. The lowest BCUT2D eigenvalue weighted by Crippen LogP contribution is -2.10. The Kier molecular flexibility index (Phi) is 6.20. The van der Waals surface area contributed by atoms with Crippen molar-refractivity contribution in [2.75, 3.05) is 5.32 Å². The number of nitrogens with zero attached hydrogens (tertiary/aromatic N) is 4. The molecular weight excluding hydrogens is 428 g/mol. The van der Waals surface area contributed by atoms with Crippen molar-refractivity contribution in [1.82, 2.24) is 15.0 Å². The zero-order valence-electron chi connectivity index (χ0n) is 18.9. The Labute approximate surface area is 197 Å². The molecule has 172 valence electrons. The van der Waals surface area contributed by atoms with Crippen LogP contribution < -0.4 is 20.5 Å². The van der Waals surface area contributed by atoms with Crippen molar-refractivity contribution >= 4 is 34.6 Å². The third-order valence-corrected chi connectivity index (χ3v) is 5.80. The molecule has 2 heterocycles. The van der Waals surface area contributed by atoms with Crippen LogP contribution in [0.4, 0.5) is 17.3 Å². The monoisotopic (exact) mass is 454 g/mol. The molecule has 3 N–H and O–H groups in total. The molecule has 0 bridgehead atoms. The van der Waals surface area contributed by atoms with Crippen LogP contribution in [0.2, 0.25) is 0 Å². The minimum Gasteiger partial charge on any atom is -0.490 e. The fraction of sp³-hybridized carbons (Fsp3) is 0.231. The highest BCUT2D eigenvalue weighted by molar-refractivity contribution is 5.91. The summed E-state index contributed by atoms with van der Waals surface area (Å²) in [4.78, 5) is 17.0. The van der Waals surface area contributed by atoms with Gasteiger partial charge in [-0.3, -0.25) is 0 Å². The molecule has 0 atom stereocenters.